The Kier molecular flexibility index (Phi) is 3.38. The molecule has 0 aliphatic rings. The van der Waals surface area contributed by atoms with Gasteiger partial charge < -0.3 is 4.74 Å². The molecule has 2 heteroatoms. The highest BCUT2D eigenvalue weighted by molar-refractivity contribution is 5.32. The first-order valence-electron chi connectivity index (χ1n) is 5.27. The van der Waals surface area contributed by atoms with Crippen LogP contribution in [0.4, 0.5) is 4.39 Å². The van der Waals surface area contributed by atoms with Gasteiger partial charge in [-0.2, -0.15) is 0 Å². The van der Waals surface area contributed by atoms with Crippen LogP contribution in [0.3, 0.4) is 0 Å². The summed E-state index contributed by atoms with van der Waals surface area (Å²) in [5, 5.41) is 0. The van der Waals surface area contributed by atoms with Crippen molar-refractivity contribution in [2.75, 3.05) is 0 Å². The number of rotatable bonds is 2. The largest absolute Gasteiger partial charge is 0.488 e. The van der Waals surface area contributed by atoms with Crippen molar-refractivity contribution < 1.29 is 9.13 Å². The lowest BCUT2D eigenvalue weighted by Crippen LogP contribution is -2.12. The van der Waals surface area contributed by atoms with Crippen LogP contribution >= 0.6 is 0 Å². The fourth-order valence-electron chi connectivity index (χ4n) is 1.32. The van der Waals surface area contributed by atoms with Gasteiger partial charge in [0, 0.05) is 0 Å². The predicted octanol–water partition coefficient (Wildman–Crippen LogP) is 3.91. The van der Waals surface area contributed by atoms with Crippen molar-refractivity contribution in [3.05, 3.63) is 29.6 Å². The van der Waals surface area contributed by atoms with Gasteiger partial charge in [0.1, 0.15) is 0 Å². The van der Waals surface area contributed by atoms with Crippen molar-refractivity contribution in [3.8, 4) is 5.75 Å². The molecule has 15 heavy (non-hydrogen) atoms. The summed E-state index contributed by atoms with van der Waals surface area (Å²) in [5.41, 5.74) is 0.952. The summed E-state index contributed by atoms with van der Waals surface area (Å²) < 4.78 is 19.0. The van der Waals surface area contributed by atoms with E-state index in [4.69, 9.17) is 4.74 Å². The maximum Gasteiger partial charge on any atom is 0.165 e. The molecule has 0 atom stereocenters. The van der Waals surface area contributed by atoms with Crippen LogP contribution in [0.25, 0.3) is 0 Å². The molecule has 0 fully saturated rings. The van der Waals surface area contributed by atoms with Gasteiger partial charge in [-0.05, 0) is 37.0 Å². The van der Waals surface area contributed by atoms with Gasteiger partial charge in [0.15, 0.2) is 11.6 Å². The highest BCUT2D eigenvalue weighted by Crippen LogP contribution is 2.27. The zero-order valence-corrected chi connectivity index (χ0v) is 10.1. The molecule has 0 aliphatic heterocycles. The van der Waals surface area contributed by atoms with Crippen LogP contribution in [0.2, 0.25) is 0 Å². The van der Waals surface area contributed by atoms with E-state index < -0.39 is 0 Å². The minimum Gasteiger partial charge on any atom is -0.488 e. The SMILES string of the molecule is CC(C)Oc1ccc(C(C)(C)C)cc1F. The summed E-state index contributed by atoms with van der Waals surface area (Å²) in [4.78, 5) is 0. The van der Waals surface area contributed by atoms with Crippen LogP contribution in [0.1, 0.15) is 40.2 Å². The van der Waals surface area contributed by atoms with E-state index in [-0.39, 0.29) is 17.3 Å². The predicted molar refractivity (Wildman–Crippen MR) is 60.9 cm³/mol. The van der Waals surface area contributed by atoms with Gasteiger partial charge >= 0.3 is 0 Å². The zero-order valence-electron chi connectivity index (χ0n) is 10.1. The highest BCUT2D eigenvalue weighted by atomic mass is 19.1. The van der Waals surface area contributed by atoms with Gasteiger partial charge in [0.25, 0.3) is 0 Å². The van der Waals surface area contributed by atoms with E-state index in [2.05, 4.69) is 20.8 Å². The minimum atomic E-state index is -0.281. The van der Waals surface area contributed by atoms with Gasteiger partial charge in [0.2, 0.25) is 0 Å². The molecule has 0 saturated carbocycles. The topological polar surface area (TPSA) is 9.23 Å². The summed E-state index contributed by atoms with van der Waals surface area (Å²) in [6.45, 7) is 9.95. The lowest BCUT2D eigenvalue weighted by atomic mass is 9.87. The Bertz CT molecular complexity index is 337. The Morgan fingerprint density at radius 2 is 1.80 bits per heavy atom. The van der Waals surface area contributed by atoms with Crippen LogP contribution in [-0.2, 0) is 5.41 Å². The number of benzene rings is 1. The molecule has 1 rings (SSSR count). The third-order valence-corrected chi connectivity index (χ3v) is 2.16. The Morgan fingerprint density at radius 1 is 1.20 bits per heavy atom. The van der Waals surface area contributed by atoms with Gasteiger partial charge in [-0.15, -0.1) is 0 Å². The van der Waals surface area contributed by atoms with Crippen LogP contribution in [0.5, 0.6) is 5.75 Å². The van der Waals surface area contributed by atoms with E-state index in [1.807, 2.05) is 19.9 Å². The van der Waals surface area contributed by atoms with Crippen molar-refractivity contribution in [1.82, 2.24) is 0 Å². The average Bonchev–Trinajstić information content (AvgIpc) is 2.05. The molecule has 0 saturated heterocycles. The first-order chi connectivity index (χ1) is 6.80. The molecule has 0 aliphatic carbocycles. The van der Waals surface area contributed by atoms with Crippen LogP contribution in [0.15, 0.2) is 18.2 Å². The third kappa shape index (κ3) is 3.22. The fourth-order valence-corrected chi connectivity index (χ4v) is 1.32. The molecule has 0 aromatic heterocycles. The molecule has 0 spiro atoms. The molecule has 0 bridgehead atoms. The monoisotopic (exact) mass is 210 g/mol. The van der Waals surface area contributed by atoms with Crippen LogP contribution in [-0.4, -0.2) is 6.10 Å². The van der Waals surface area contributed by atoms with Crippen LogP contribution < -0.4 is 4.74 Å². The molecule has 84 valence electrons. The number of hydrogen-bond acceptors (Lipinski definition) is 1. The Hall–Kier alpha value is -1.05. The second kappa shape index (κ2) is 4.21. The summed E-state index contributed by atoms with van der Waals surface area (Å²) in [7, 11) is 0. The molecule has 1 aromatic rings. The van der Waals surface area contributed by atoms with Gasteiger partial charge in [0.05, 0.1) is 6.10 Å². The minimum absolute atomic E-state index is 0.0000123. The Balaban J connectivity index is 2.98. The maximum absolute atomic E-state index is 13.6. The van der Waals surface area contributed by atoms with Crippen molar-refractivity contribution in [1.29, 1.82) is 0 Å². The molecule has 0 radical (unpaired) electrons. The zero-order chi connectivity index (χ0) is 11.6. The molecule has 1 aromatic carbocycles. The smallest absolute Gasteiger partial charge is 0.165 e. The molecule has 0 heterocycles. The summed E-state index contributed by atoms with van der Waals surface area (Å²) in [6, 6.07) is 5.18. The quantitative estimate of drug-likeness (QED) is 0.719. The van der Waals surface area contributed by atoms with E-state index in [0.717, 1.165) is 5.56 Å². The van der Waals surface area contributed by atoms with Crippen molar-refractivity contribution in [2.45, 2.75) is 46.1 Å². The maximum atomic E-state index is 13.6. The highest BCUT2D eigenvalue weighted by Gasteiger charge is 2.16. The van der Waals surface area contributed by atoms with Crippen molar-refractivity contribution in [3.63, 3.8) is 0 Å². The first-order valence-corrected chi connectivity index (χ1v) is 5.27. The summed E-state index contributed by atoms with van der Waals surface area (Å²) in [6.07, 6.45) is -0.0000123. The molecular formula is C13H19FO. The van der Waals surface area contributed by atoms with E-state index in [0.29, 0.717) is 5.75 Å². The second-order valence-corrected chi connectivity index (χ2v) is 5.06. The molecule has 0 amide bonds. The van der Waals surface area contributed by atoms with Crippen LogP contribution in [0, 0.1) is 5.82 Å². The van der Waals surface area contributed by atoms with Crippen molar-refractivity contribution in [2.24, 2.45) is 0 Å². The summed E-state index contributed by atoms with van der Waals surface area (Å²) in [5.74, 6) is 0.0501. The Labute approximate surface area is 91.3 Å². The molecule has 1 nitrogen and oxygen atoms in total. The third-order valence-electron chi connectivity index (χ3n) is 2.16. The first kappa shape index (κ1) is 12.0. The van der Waals surface area contributed by atoms with E-state index in [9.17, 15) is 4.39 Å². The second-order valence-electron chi connectivity index (χ2n) is 5.06. The standard InChI is InChI=1S/C13H19FO/c1-9(2)15-12-7-6-10(8-11(12)14)13(3,4)5/h6-9H,1-5H3. The molecule has 0 N–H and O–H groups in total. The van der Waals surface area contributed by atoms with E-state index in [1.165, 1.54) is 0 Å². The Morgan fingerprint density at radius 3 is 2.20 bits per heavy atom. The number of ether oxygens (including phenoxy) is 1. The average molecular weight is 210 g/mol. The summed E-state index contributed by atoms with van der Waals surface area (Å²) >= 11 is 0. The normalized spacial score (nSPS) is 11.9. The van der Waals surface area contributed by atoms with Gasteiger partial charge in [-0.25, -0.2) is 4.39 Å². The van der Waals surface area contributed by atoms with Crippen molar-refractivity contribution >= 4 is 0 Å². The molecule has 0 unspecified atom stereocenters. The van der Waals surface area contributed by atoms with E-state index >= 15 is 0 Å². The lowest BCUT2D eigenvalue weighted by Gasteiger charge is -2.20. The lowest BCUT2D eigenvalue weighted by molar-refractivity contribution is 0.231. The van der Waals surface area contributed by atoms with E-state index in [1.54, 1.807) is 12.1 Å². The number of halogens is 1. The number of hydrogen-bond donors (Lipinski definition) is 0. The molecular weight excluding hydrogens is 191 g/mol. The van der Waals surface area contributed by atoms with Gasteiger partial charge in [-0.1, -0.05) is 26.8 Å². The van der Waals surface area contributed by atoms with Gasteiger partial charge in [-0.3, -0.25) is 0 Å². The fraction of sp³-hybridized carbons (Fsp3) is 0.538.